The number of nitrogens with zero attached hydrogens (tertiary/aromatic N) is 2. The van der Waals surface area contributed by atoms with E-state index < -0.39 is 4.92 Å². The molecule has 3 rings (SSSR count). The predicted molar refractivity (Wildman–Crippen MR) is 93.8 cm³/mol. The Hall–Kier alpha value is -2.60. The molecule has 0 amide bonds. The fourth-order valence-corrected chi connectivity index (χ4v) is 2.26. The zero-order valence-corrected chi connectivity index (χ0v) is 13.8. The molecule has 0 saturated carbocycles. The van der Waals surface area contributed by atoms with E-state index in [0.29, 0.717) is 6.61 Å². The Balaban J connectivity index is 0.00000208. The van der Waals surface area contributed by atoms with Crippen molar-refractivity contribution in [2.45, 2.75) is 19.1 Å². The Bertz CT molecular complexity index is 734. The molecule has 1 aliphatic heterocycles. The van der Waals surface area contributed by atoms with Crippen LogP contribution in [0.4, 0.5) is 5.69 Å². The third-order valence-corrected chi connectivity index (χ3v) is 3.63. The van der Waals surface area contributed by atoms with E-state index in [1.165, 1.54) is 12.1 Å². The molecule has 7 heteroatoms. The number of halogens is 1. The van der Waals surface area contributed by atoms with Gasteiger partial charge in [-0.05, 0) is 36.8 Å². The number of non-ortho nitro benzene ring substituents is 1. The first-order chi connectivity index (χ1) is 11.1. The number of ether oxygens (including phenoxy) is 2. The van der Waals surface area contributed by atoms with E-state index in [-0.39, 0.29) is 30.2 Å². The van der Waals surface area contributed by atoms with Gasteiger partial charge in [0.05, 0.1) is 11.0 Å². The van der Waals surface area contributed by atoms with Gasteiger partial charge >= 0.3 is 0 Å². The third-order valence-electron chi connectivity index (χ3n) is 3.63. The summed E-state index contributed by atoms with van der Waals surface area (Å²) in [5.74, 6) is 1.47. The number of aliphatic imine (C=N–C) groups is 1. The van der Waals surface area contributed by atoms with Crippen LogP contribution in [0.5, 0.6) is 11.5 Å². The molecule has 2 atom stereocenters. The van der Waals surface area contributed by atoms with Crippen LogP contribution in [0.25, 0.3) is 0 Å². The van der Waals surface area contributed by atoms with E-state index in [4.69, 9.17) is 9.47 Å². The number of hydrogen-bond donors (Lipinski definition) is 0. The van der Waals surface area contributed by atoms with E-state index in [0.717, 1.165) is 17.1 Å². The van der Waals surface area contributed by atoms with Crippen molar-refractivity contribution in [3.05, 3.63) is 64.2 Å². The molecule has 0 bridgehead atoms. The van der Waals surface area contributed by atoms with E-state index in [1.54, 1.807) is 18.3 Å². The zero-order chi connectivity index (χ0) is 16.2. The third kappa shape index (κ3) is 4.02. The van der Waals surface area contributed by atoms with Crippen LogP contribution in [0.3, 0.4) is 0 Å². The molecule has 0 N–H and O–H groups in total. The van der Waals surface area contributed by atoms with Gasteiger partial charge in [0.2, 0.25) is 0 Å². The zero-order valence-electron chi connectivity index (χ0n) is 13.0. The Morgan fingerprint density at radius 1 is 1.21 bits per heavy atom. The summed E-state index contributed by atoms with van der Waals surface area (Å²) in [5.41, 5.74) is 0.871. The maximum atomic E-state index is 10.6. The standard InChI is InChI=1S/C17H16N2O4.ClH/c1-12(17-11-22-15-4-2-3-5-16(15)23-17)18-10-13-6-8-14(9-7-13)19(20)21;/h2-10,12,17H,11H2,1H3;1H. The number of nitro benzene ring substituents is 1. The number of benzene rings is 2. The molecule has 6 nitrogen and oxygen atoms in total. The quantitative estimate of drug-likeness (QED) is 0.480. The fraction of sp³-hybridized carbons (Fsp3) is 0.235. The summed E-state index contributed by atoms with van der Waals surface area (Å²) in [6, 6.07) is 13.7. The first-order valence-electron chi connectivity index (χ1n) is 7.29. The molecule has 0 saturated heterocycles. The molecule has 2 aromatic rings. The maximum Gasteiger partial charge on any atom is 0.269 e. The highest BCUT2D eigenvalue weighted by Gasteiger charge is 2.25. The minimum Gasteiger partial charge on any atom is -0.486 e. The first-order valence-corrected chi connectivity index (χ1v) is 7.29. The largest absolute Gasteiger partial charge is 0.486 e. The topological polar surface area (TPSA) is 74.0 Å². The molecule has 0 aromatic heterocycles. The lowest BCUT2D eigenvalue weighted by Gasteiger charge is -2.28. The molecule has 1 heterocycles. The summed E-state index contributed by atoms with van der Waals surface area (Å²) >= 11 is 0. The van der Waals surface area contributed by atoms with Gasteiger partial charge in [-0.15, -0.1) is 12.4 Å². The second-order valence-electron chi connectivity index (χ2n) is 5.28. The molecule has 24 heavy (non-hydrogen) atoms. The Labute approximate surface area is 145 Å². The van der Waals surface area contributed by atoms with Gasteiger partial charge in [0.15, 0.2) is 17.6 Å². The number of fused-ring (bicyclic) bond motifs is 1. The van der Waals surface area contributed by atoms with Crippen LogP contribution in [0.1, 0.15) is 12.5 Å². The Kier molecular flexibility index (Phi) is 5.76. The summed E-state index contributed by atoms with van der Waals surface area (Å²) < 4.78 is 11.6. The molecule has 1 aliphatic rings. The first kappa shape index (κ1) is 17.7. The highest BCUT2D eigenvalue weighted by molar-refractivity contribution is 5.85. The van der Waals surface area contributed by atoms with Crippen molar-refractivity contribution in [1.82, 2.24) is 0 Å². The summed E-state index contributed by atoms with van der Waals surface area (Å²) in [7, 11) is 0. The van der Waals surface area contributed by atoms with Crippen LogP contribution in [-0.4, -0.2) is 29.9 Å². The van der Waals surface area contributed by atoms with Crippen LogP contribution in [0.15, 0.2) is 53.5 Å². The average Bonchev–Trinajstić information content (AvgIpc) is 2.59. The second-order valence-corrected chi connectivity index (χ2v) is 5.28. The maximum absolute atomic E-state index is 10.6. The highest BCUT2D eigenvalue weighted by Crippen LogP contribution is 2.31. The van der Waals surface area contributed by atoms with Gasteiger partial charge < -0.3 is 9.47 Å². The number of nitro groups is 1. The van der Waals surface area contributed by atoms with Crippen molar-refractivity contribution in [3.63, 3.8) is 0 Å². The minimum absolute atomic E-state index is 0. The van der Waals surface area contributed by atoms with Gasteiger partial charge in [0.1, 0.15) is 6.61 Å². The SMILES string of the molecule is CC(N=Cc1ccc([N+](=O)[O-])cc1)C1COc2ccccc2O1.Cl. The second kappa shape index (κ2) is 7.79. The summed E-state index contributed by atoms with van der Waals surface area (Å²) in [6.45, 7) is 2.39. The van der Waals surface area contributed by atoms with Gasteiger partial charge in [-0.3, -0.25) is 15.1 Å². The van der Waals surface area contributed by atoms with E-state index in [9.17, 15) is 10.1 Å². The van der Waals surface area contributed by atoms with Crippen LogP contribution < -0.4 is 9.47 Å². The molecule has 0 aliphatic carbocycles. The Morgan fingerprint density at radius 3 is 2.54 bits per heavy atom. The number of hydrogen-bond acceptors (Lipinski definition) is 5. The lowest BCUT2D eigenvalue weighted by molar-refractivity contribution is -0.384. The monoisotopic (exact) mass is 348 g/mol. The highest BCUT2D eigenvalue weighted by atomic mass is 35.5. The smallest absolute Gasteiger partial charge is 0.269 e. The molecule has 2 aromatic carbocycles. The minimum atomic E-state index is -0.422. The van der Waals surface area contributed by atoms with Crippen LogP contribution in [0, 0.1) is 10.1 Å². The van der Waals surface area contributed by atoms with Crippen molar-refractivity contribution in [2.24, 2.45) is 4.99 Å². The fourth-order valence-electron chi connectivity index (χ4n) is 2.26. The molecular weight excluding hydrogens is 332 g/mol. The van der Waals surface area contributed by atoms with Crippen molar-refractivity contribution < 1.29 is 14.4 Å². The molecule has 0 fully saturated rings. The van der Waals surface area contributed by atoms with E-state index in [2.05, 4.69) is 4.99 Å². The van der Waals surface area contributed by atoms with Crippen LogP contribution >= 0.6 is 12.4 Å². The van der Waals surface area contributed by atoms with Gasteiger partial charge in [-0.1, -0.05) is 12.1 Å². The van der Waals surface area contributed by atoms with E-state index >= 15 is 0 Å². The molecule has 126 valence electrons. The average molecular weight is 349 g/mol. The Morgan fingerprint density at radius 2 is 1.88 bits per heavy atom. The molecule has 0 radical (unpaired) electrons. The van der Waals surface area contributed by atoms with Gasteiger partial charge in [-0.2, -0.15) is 0 Å². The lowest BCUT2D eigenvalue weighted by atomic mass is 10.1. The number of para-hydroxylation sites is 2. The van der Waals surface area contributed by atoms with Crippen molar-refractivity contribution in [3.8, 4) is 11.5 Å². The lowest BCUT2D eigenvalue weighted by Crippen LogP contribution is -2.37. The molecule has 0 spiro atoms. The summed E-state index contributed by atoms with van der Waals surface area (Å²) in [6.07, 6.45) is 1.53. The van der Waals surface area contributed by atoms with Crippen molar-refractivity contribution in [1.29, 1.82) is 0 Å². The molecule has 2 unspecified atom stereocenters. The summed E-state index contributed by atoms with van der Waals surface area (Å²) in [4.78, 5) is 14.7. The summed E-state index contributed by atoms with van der Waals surface area (Å²) in [5, 5.41) is 10.6. The normalized spacial score (nSPS) is 17.1. The van der Waals surface area contributed by atoms with Crippen LogP contribution in [-0.2, 0) is 0 Å². The van der Waals surface area contributed by atoms with Crippen molar-refractivity contribution in [2.75, 3.05) is 6.61 Å². The van der Waals surface area contributed by atoms with Gasteiger partial charge in [0, 0.05) is 18.3 Å². The van der Waals surface area contributed by atoms with Gasteiger partial charge in [0.25, 0.3) is 5.69 Å². The predicted octanol–water partition coefficient (Wildman–Crippen LogP) is 3.66. The van der Waals surface area contributed by atoms with E-state index in [1.807, 2.05) is 31.2 Å². The van der Waals surface area contributed by atoms with Crippen molar-refractivity contribution >= 4 is 24.3 Å². The van der Waals surface area contributed by atoms with Gasteiger partial charge in [-0.25, -0.2) is 0 Å². The molecular formula is C17H17ClN2O4. The number of rotatable bonds is 4. The van der Waals surface area contributed by atoms with Crippen LogP contribution in [0.2, 0.25) is 0 Å².